The molecule has 0 fully saturated rings. The Hall–Kier alpha value is 1.31. The van der Waals surface area contributed by atoms with Crippen LogP contribution in [0.2, 0.25) is 0 Å². The monoisotopic (exact) mass is 290 g/mol. The van der Waals surface area contributed by atoms with Crippen LogP contribution in [-0.4, -0.2) is 29.3 Å². The van der Waals surface area contributed by atoms with Crippen LogP contribution in [0.25, 0.3) is 0 Å². The molecule has 0 rings (SSSR count). The summed E-state index contributed by atoms with van der Waals surface area (Å²) in [6.45, 7) is 0. The van der Waals surface area contributed by atoms with E-state index in [9.17, 15) is 13.0 Å². The summed E-state index contributed by atoms with van der Waals surface area (Å²) < 4.78 is 30.8. The van der Waals surface area contributed by atoms with Crippen LogP contribution >= 0.6 is 0 Å². The summed E-state index contributed by atoms with van der Waals surface area (Å²) in [5.74, 6) is 0. The smallest absolute Gasteiger partial charge is 2.00 e. The van der Waals surface area contributed by atoms with E-state index in [1.54, 1.807) is 16.3 Å². The molecule has 0 amide bonds. The van der Waals surface area contributed by atoms with Crippen molar-refractivity contribution in [2.75, 3.05) is 0 Å². The molecule has 0 aliphatic carbocycles. The third-order valence-electron chi connectivity index (χ3n) is 0.0833. The summed E-state index contributed by atoms with van der Waals surface area (Å²) in [5, 5.41) is 0. The molecule has 0 spiro atoms. The second-order valence-electron chi connectivity index (χ2n) is 0.476. The minimum atomic E-state index is -4.47. The first-order valence-corrected chi connectivity index (χ1v) is 2.87. The predicted molar refractivity (Wildman–Crippen MR) is 16.5 cm³/mol. The van der Waals surface area contributed by atoms with E-state index in [1.807, 2.05) is 0 Å². The molecule has 0 atom stereocenters. The molecule has 0 aromatic carbocycles. The minimum Gasteiger partial charge on any atom is 2.00 e. The largest absolute Gasteiger partial charge is 2.00 e. The number of hydrogen-bond acceptors (Lipinski definition) is 4. The zero-order valence-electron chi connectivity index (χ0n) is 3.16. The van der Waals surface area contributed by atoms with Crippen molar-refractivity contribution < 1.29 is 43.5 Å². The third kappa shape index (κ3) is 11.1. The second-order valence-corrected chi connectivity index (χ2v) is 2.29. The fraction of sp³-hybridized carbons (Fsp3) is 0. The fourth-order valence-corrected chi connectivity index (χ4v) is 0. The molecule has 0 bridgehead atoms. The van der Waals surface area contributed by atoms with Gasteiger partial charge in [0.2, 0.25) is 0 Å². The summed E-state index contributed by atoms with van der Waals surface area (Å²) >= 11 is 1.58. The van der Waals surface area contributed by atoms with Crippen LogP contribution in [0.4, 0.5) is 0 Å². The van der Waals surface area contributed by atoms with E-state index in [2.05, 4.69) is 3.27 Å². The second kappa shape index (κ2) is 4.22. The zero-order chi connectivity index (χ0) is 5.21. The van der Waals surface area contributed by atoms with Crippen LogP contribution in [0.3, 0.4) is 0 Å². The van der Waals surface area contributed by atoms with E-state index in [4.69, 9.17) is 0 Å². The van der Waals surface area contributed by atoms with Crippen LogP contribution in [0.1, 0.15) is 0 Å². The van der Waals surface area contributed by atoms with Gasteiger partial charge in [0.1, 0.15) is 0 Å². The van der Waals surface area contributed by atoms with Gasteiger partial charge >= 0.3 is 70.3 Å². The Bertz CT molecular complexity index is 114. The van der Waals surface area contributed by atoms with Crippen molar-refractivity contribution in [1.82, 2.24) is 0 Å². The van der Waals surface area contributed by atoms with Crippen LogP contribution < -0.4 is 0 Å². The molecule has 0 heterocycles. The average molecular weight is 287 g/mol. The quantitative estimate of drug-likeness (QED) is 0.336. The van der Waals surface area contributed by atoms with Gasteiger partial charge < -0.3 is 0 Å². The van der Waals surface area contributed by atoms with Gasteiger partial charge in [0.15, 0.2) is 0 Å². The molecule has 0 saturated carbocycles. The fourth-order valence-electron chi connectivity index (χ4n) is 0. The van der Waals surface area contributed by atoms with Crippen LogP contribution in [0, 0.1) is 0 Å². The molecule has 0 saturated heterocycles. The van der Waals surface area contributed by atoms with Crippen molar-refractivity contribution in [3.63, 3.8) is 0 Å². The van der Waals surface area contributed by atoms with Gasteiger partial charge in [0.25, 0.3) is 0 Å². The van der Waals surface area contributed by atoms with E-state index < -0.39 is 10.4 Å². The molecule has 7 heavy (non-hydrogen) atoms. The Morgan fingerprint density at radius 3 is 1.71 bits per heavy atom. The van der Waals surface area contributed by atoms with Crippen molar-refractivity contribution in [2.45, 2.75) is 0 Å². The standard InChI is InChI=1S/Cd.H2O4SSe/c;1-5(2,3)4-6/h;6H,(H,1,2,3)/q+2;/p-2. The summed E-state index contributed by atoms with van der Waals surface area (Å²) in [5.41, 5.74) is 0. The first-order chi connectivity index (χ1) is 2.56. The van der Waals surface area contributed by atoms with Crippen molar-refractivity contribution in [1.29, 1.82) is 0 Å². The van der Waals surface area contributed by atoms with Crippen LogP contribution in [-0.2, 0) is 41.0 Å². The molecule has 0 unspecified atom stereocenters. The Morgan fingerprint density at radius 2 is 1.71 bits per heavy atom. The predicted octanol–water partition coefficient (Wildman–Crippen LogP) is -1.46. The third-order valence-corrected chi connectivity index (χ3v) is 1.30. The first-order valence-electron chi connectivity index (χ1n) is 0.833. The molecule has 0 N–H and O–H groups in total. The van der Waals surface area contributed by atoms with E-state index in [0.717, 1.165) is 0 Å². The Morgan fingerprint density at radius 1 is 1.57 bits per heavy atom. The van der Waals surface area contributed by atoms with Crippen molar-refractivity contribution in [3.05, 3.63) is 0 Å². The van der Waals surface area contributed by atoms with Crippen molar-refractivity contribution >= 4 is 26.7 Å². The molecule has 0 aromatic rings. The topological polar surface area (TPSA) is 66.4 Å². The molecule has 0 aliphatic heterocycles. The maximum Gasteiger partial charge on any atom is 2.00 e. The summed E-state index contributed by atoms with van der Waals surface area (Å²) in [7, 11) is -4.47. The summed E-state index contributed by atoms with van der Waals surface area (Å²) in [6.07, 6.45) is 0. The molecule has 0 aromatic heterocycles. The SMILES string of the molecule is O=S(=O)([O-])O[Se-].[Cd+2]. The normalized spacial score (nSPS) is 10.0. The number of hydrogen-bond donors (Lipinski definition) is 0. The minimum absolute atomic E-state index is 0. The maximum atomic E-state index is 9.19. The van der Waals surface area contributed by atoms with Gasteiger partial charge in [-0.05, 0) is 0 Å². The van der Waals surface area contributed by atoms with E-state index in [-0.39, 0.29) is 27.3 Å². The first kappa shape index (κ1) is 11.2. The summed E-state index contributed by atoms with van der Waals surface area (Å²) in [4.78, 5) is 0. The van der Waals surface area contributed by atoms with Gasteiger partial charge in [-0.2, -0.15) is 0 Å². The van der Waals surface area contributed by atoms with Gasteiger partial charge in [0, 0.05) is 0 Å². The number of rotatable bonds is 1. The van der Waals surface area contributed by atoms with E-state index in [0.29, 0.717) is 0 Å². The van der Waals surface area contributed by atoms with Gasteiger partial charge in [-0.3, -0.25) is 0 Å². The van der Waals surface area contributed by atoms with Gasteiger partial charge in [0.05, 0.1) is 0 Å². The molecule has 4 nitrogen and oxygen atoms in total. The van der Waals surface area contributed by atoms with Crippen molar-refractivity contribution in [2.24, 2.45) is 0 Å². The van der Waals surface area contributed by atoms with Gasteiger partial charge in [-0.1, -0.05) is 0 Å². The van der Waals surface area contributed by atoms with Crippen molar-refractivity contribution in [3.8, 4) is 0 Å². The van der Waals surface area contributed by atoms with E-state index >= 15 is 0 Å². The summed E-state index contributed by atoms with van der Waals surface area (Å²) in [6, 6.07) is 0. The van der Waals surface area contributed by atoms with Gasteiger partial charge in [-0.15, -0.1) is 0 Å². The zero-order valence-corrected chi connectivity index (χ0v) is 9.72. The van der Waals surface area contributed by atoms with Crippen LogP contribution in [0.15, 0.2) is 0 Å². The Balaban J connectivity index is 0. The van der Waals surface area contributed by atoms with Crippen LogP contribution in [0.5, 0.6) is 0 Å². The molecule has 38 valence electrons. The Kier molecular flexibility index (Phi) is 6.72. The molecule has 0 aliphatic rings. The molecule has 0 radical (unpaired) electrons. The molecule has 7 heteroatoms. The maximum absolute atomic E-state index is 9.19. The average Bonchev–Trinajstić information content (AvgIpc) is 1.35. The molecular formula is CdO4SSe. The van der Waals surface area contributed by atoms with Gasteiger partial charge in [-0.25, -0.2) is 0 Å². The van der Waals surface area contributed by atoms with E-state index in [1.165, 1.54) is 0 Å². The molecular weight excluding hydrogens is 287 g/mol. The Labute approximate surface area is 69.9 Å².